The molecule has 0 aliphatic carbocycles. The summed E-state index contributed by atoms with van der Waals surface area (Å²) in [5, 5.41) is 1.16. The molecule has 0 atom stereocenters. The summed E-state index contributed by atoms with van der Waals surface area (Å²) in [6.07, 6.45) is 4.98. The van der Waals surface area contributed by atoms with Crippen molar-refractivity contribution in [1.29, 1.82) is 0 Å². The summed E-state index contributed by atoms with van der Waals surface area (Å²) < 4.78 is 5.86. The Morgan fingerprint density at radius 2 is 1.67 bits per heavy atom. The number of pyridine rings is 1. The number of para-hydroxylation sites is 1. The number of aromatic nitrogens is 1. The largest absolute Gasteiger partial charge is 0.487 e. The van der Waals surface area contributed by atoms with Crippen molar-refractivity contribution in [2.45, 2.75) is 39.2 Å². The zero-order chi connectivity index (χ0) is 15.9. The minimum Gasteiger partial charge on any atom is -0.487 e. The predicted octanol–water partition coefficient (Wildman–Crippen LogP) is 5.71. The van der Waals surface area contributed by atoms with Crippen molar-refractivity contribution in [1.82, 2.24) is 11.1 Å². The van der Waals surface area contributed by atoms with Crippen molar-refractivity contribution in [2.75, 3.05) is 0 Å². The van der Waals surface area contributed by atoms with Gasteiger partial charge in [0.2, 0.25) is 0 Å². The Bertz CT molecular complexity index is 753. The quantitative estimate of drug-likeness (QED) is 0.567. The highest BCUT2D eigenvalue weighted by molar-refractivity contribution is 5.78. The molecule has 3 nitrogen and oxygen atoms in total. The average molecular weight is 322 g/mol. The van der Waals surface area contributed by atoms with E-state index in [1.165, 1.54) is 24.8 Å². The summed E-state index contributed by atoms with van der Waals surface area (Å²) in [7, 11) is 0. The van der Waals surface area contributed by atoms with Crippen molar-refractivity contribution in [3.8, 4) is 5.75 Å². The molecule has 3 rings (SSSR count). The van der Waals surface area contributed by atoms with Gasteiger partial charge in [-0.1, -0.05) is 56.2 Å². The standard InChI is InChI=1S/C21H23NO.H3N/c1-2-3-4-7-17-10-14-20(15-11-17)23-16-19-13-12-18-8-5-6-9-21(18)22-19;/h5-6,8-15H,2-4,7,16H2,1H3;1H3. The van der Waals surface area contributed by atoms with E-state index in [1.807, 2.05) is 24.3 Å². The monoisotopic (exact) mass is 322 g/mol. The molecule has 126 valence electrons. The summed E-state index contributed by atoms with van der Waals surface area (Å²) in [5.74, 6) is 0.902. The van der Waals surface area contributed by atoms with Crippen LogP contribution in [0.4, 0.5) is 0 Å². The summed E-state index contributed by atoms with van der Waals surface area (Å²) >= 11 is 0. The predicted molar refractivity (Wildman–Crippen MR) is 101 cm³/mol. The third-order valence-corrected chi connectivity index (χ3v) is 4.04. The Hall–Kier alpha value is -2.39. The second kappa shape index (κ2) is 9.04. The van der Waals surface area contributed by atoms with Gasteiger partial charge >= 0.3 is 0 Å². The molecule has 0 bridgehead atoms. The third-order valence-electron chi connectivity index (χ3n) is 4.04. The van der Waals surface area contributed by atoms with Crippen LogP contribution in [0.2, 0.25) is 0 Å². The van der Waals surface area contributed by atoms with Crippen molar-refractivity contribution in [2.24, 2.45) is 0 Å². The Labute approximate surface area is 144 Å². The van der Waals surface area contributed by atoms with Gasteiger partial charge in [0.15, 0.2) is 0 Å². The van der Waals surface area contributed by atoms with Gasteiger partial charge in [0.05, 0.1) is 11.2 Å². The minimum absolute atomic E-state index is 0. The third kappa shape index (κ3) is 4.80. The van der Waals surface area contributed by atoms with Crippen LogP contribution >= 0.6 is 0 Å². The summed E-state index contributed by atoms with van der Waals surface area (Å²) in [4.78, 5) is 4.63. The number of unbranched alkanes of at least 4 members (excludes halogenated alkanes) is 2. The van der Waals surface area contributed by atoms with Crippen LogP contribution in [0, 0.1) is 0 Å². The van der Waals surface area contributed by atoms with Gasteiger partial charge in [-0.05, 0) is 42.7 Å². The van der Waals surface area contributed by atoms with Gasteiger partial charge in [-0.2, -0.15) is 0 Å². The average Bonchev–Trinajstić information content (AvgIpc) is 2.61. The van der Waals surface area contributed by atoms with Gasteiger partial charge in [0, 0.05) is 5.39 Å². The maximum atomic E-state index is 5.86. The fourth-order valence-corrected chi connectivity index (χ4v) is 2.68. The van der Waals surface area contributed by atoms with E-state index in [2.05, 4.69) is 48.3 Å². The molecule has 24 heavy (non-hydrogen) atoms. The van der Waals surface area contributed by atoms with Crippen LogP contribution in [0.25, 0.3) is 10.9 Å². The van der Waals surface area contributed by atoms with Crippen LogP contribution in [0.1, 0.15) is 37.4 Å². The smallest absolute Gasteiger partial charge is 0.130 e. The maximum absolute atomic E-state index is 5.86. The number of rotatable bonds is 7. The minimum atomic E-state index is 0. The normalized spacial score (nSPS) is 10.4. The second-order valence-corrected chi connectivity index (χ2v) is 5.89. The molecule has 0 radical (unpaired) electrons. The molecular formula is C21H26N2O. The number of hydrogen-bond acceptors (Lipinski definition) is 3. The van der Waals surface area contributed by atoms with Crippen LogP contribution in [-0.2, 0) is 13.0 Å². The molecule has 1 heterocycles. The first-order valence-corrected chi connectivity index (χ1v) is 8.41. The van der Waals surface area contributed by atoms with Gasteiger partial charge in [0.1, 0.15) is 12.4 Å². The van der Waals surface area contributed by atoms with Crippen LogP contribution in [0.3, 0.4) is 0 Å². The number of ether oxygens (including phenoxy) is 1. The molecule has 0 saturated heterocycles. The molecule has 0 saturated carbocycles. The molecule has 2 aromatic carbocycles. The molecule has 0 aliphatic heterocycles. The first-order chi connectivity index (χ1) is 11.3. The highest BCUT2D eigenvalue weighted by atomic mass is 16.5. The van der Waals surface area contributed by atoms with Crippen LogP contribution < -0.4 is 10.9 Å². The Morgan fingerprint density at radius 3 is 2.46 bits per heavy atom. The first-order valence-electron chi connectivity index (χ1n) is 8.41. The lowest BCUT2D eigenvalue weighted by Gasteiger charge is -2.08. The maximum Gasteiger partial charge on any atom is 0.130 e. The number of hydrogen-bond donors (Lipinski definition) is 1. The van der Waals surface area contributed by atoms with Gasteiger partial charge < -0.3 is 10.9 Å². The Kier molecular flexibility index (Phi) is 6.76. The van der Waals surface area contributed by atoms with Crippen LogP contribution in [0.5, 0.6) is 5.75 Å². The van der Waals surface area contributed by atoms with Gasteiger partial charge in [-0.3, -0.25) is 0 Å². The summed E-state index contributed by atoms with van der Waals surface area (Å²) in [5.41, 5.74) is 3.35. The SMILES string of the molecule is CCCCCc1ccc(OCc2ccc3ccccc3n2)cc1.N. The van der Waals surface area contributed by atoms with Crippen molar-refractivity contribution < 1.29 is 4.74 Å². The molecule has 3 N–H and O–H groups in total. The molecule has 1 aromatic heterocycles. The second-order valence-electron chi connectivity index (χ2n) is 5.89. The number of nitrogens with zero attached hydrogens (tertiary/aromatic N) is 1. The Morgan fingerprint density at radius 1 is 0.875 bits per heavy atom. The van der Waals surface area contributed by atoms with E-state index >= 15 is 0 Å². The van der Waals surface area contributed by atoms with Crippen molar-refractivity contribution in [3.05, 3.63) is 71.9 Å². The lowest BCUT2D eigenvalue weighted by molar-refractivity contribution is 0.301. The van der Waals surface area contributed by atoms with E-state index in [0.29, 0.717) is 6.61 Å². The molecule has 3 aromatic rings. The summed E-state index contributed by atoms with van der Waals surface area (Å²) in [6.45, 7) is 2.73. The molecule has 0 unspecified atom stereocenters. The lowest BCUT2D eigenvalue weighted by atomic mass is 10.1. The van der Waals surface area contributed by atoms with Crippen LogP contribution in [0.15, 0.2) is 60.7 Å². The highest BCUT2D eigenvalue weighted by Crippen LogP contribution is 2.17. The molecule has 0 amide bonds. The van der Waals surface area contributed by atoms with E-state index in [9.17, 15) is 0 Å². The van der Waals surface area contributed by atoms with E-state index in [-0.39, 0.29) is 6.15 Å². The lowest BCUT2D eigenvalue weighted by Crippen LogP contribution is -1.98. The number of aryl methyl sites for hydroxylation is 1. The van der Waals surface area contributed by atoms with E-state index in [0.717, 1.165) is 28.8 Å². The van der Waals surface area contributed by atoms with Crippen molar-refractivity contribution >= 4 is 10.9 Å². The number of benzene rings is 2. The molecule has 0 aliphatic rings. The number of fused-ring (bicyclic) bond motifs is 1. The molecular weight excluding hydrogens is 296 g/mol. The zero-order valence-electron chi connectivity index (χ0n) is 14.4. The van der Waals surface area contributed by atoms with E-state index in [4.69, 9.17) is 4.74 Å². The topological polar surface area (TPSA) is 57.1 Å². The van der Waals surface area contributed by atoms with E-state index in [1.54, 1.807) is 0 Å². The molecule has 0 fully saturated rings. The highest BCUT2D eigenvalue weighted by Gasteiger charge is 2.00. The molecule has 3 heteroatoms. The van der Waals surface area contributed by atoms with Crippen LogP contribution in [-0.4, -0.2) is 4.98 Å². The first kappa shape index (κ1) is 18.0. The fourth-order valence-electron chi connectivity index (χ4n) is 2.68. The zero-order valence-corrected chi connectivity index (χ0v) is 14.4. The van der Waals surface area contributed by atoms with Crippen molar-refractivity contribution in [3.63, 3.8) is 0 Å². The van der Waals surface area contributed by atoms with Gasteiger partial charge in [0.25, 0.3) is 0 Å². The van der Waals surface area contributed by atoms with E-state index < -0.39 is 0 Å². The fraction of sp³-hybridized carbons (Fsp3) is 0.286. The Balaban J connectivity index is 0.00000208. The van der Waals surface area contributed by atoms with Gasteiger partial charge in [-0.15, -0.1) is 0 Å². The molecule has 0 spiro atoms. The summed E-state index contributed by atoms with van der Waals surface area (Å²) in [6, 6.07) is 20.7. The van der Waals surface area contributed by atoms with Gasteiger partial charge in [-0.25, -0.2) is 4.98 Å².